The van der Waals surface area contributed by atoms with Crippen LogP contribution in [-0.4, -0.2) is 41.6 Å². The number of hydrogen-bond donors (Lipinski definition) is 0. The summed E-state index contributed by atoms with van der Waals surface area (Å²) in [4.78, 5) is 51.1. The molecule has 150 valence electrons. The smallest absolute Gasteiger partial charge is 0.308 e. The molecule has 2 bridgehead atoms. The zero-order valence-electron chi connectivity index (χ0n) is 15.6. The molecule has 6 rings (SSSR count). The Balaban J connectivity index is 1.15. The van der Waals surface area contributed by atoms with Gasteiger partial charge in [-0.2, -0.15) is 0 Å². The predicted molar refractivity (Wildman–Crippen MR) is 105 cm³/mol. The number of halogens is 1. The van der Waals surface area contributed by atoms with Crippen molar-refractivity contribution >= 4 is 39.5 Å². The second-order valence-corrected chi connectivity index (χ2v) is 9.24. The number of esters is 1. The van der Waals surface area contributed by atoms with Gasteiger partial charge >= 0.3 is 5.97 Å². The molecule has 1 aromatic rings. The third-order valence-electron chi connectivity index (χ3n) is 6.82. The number of benzene rings is 1. The molecule has 3 fully saturated rings. The fourth-order valence-electron chi connectivity index (χ4n) is 5.38. The number of hydrogen-bond acceptors (Lipinski definition) is 5. The molecule has 2 amide bonds. The van der Waals surface area contributed by atoms with Gasteiger partial charge in [0.05, 0.1) is 18.3 Å². The molecule has 6 nitrogen and oxygen atoms in total. The van der Waals surface area contributed by atoms with E-state index in [1.807, 2.05) is 0 Å². The van der Waals surface area contributed by atoms with Crippen LogP contribution in [0, 0.1) is 35.5 Å². The highest BCUT2D eigenvalue weighted by atomic mass is 79.9. The minimum Gasteiger partial charge on any atom is -0.457 e. The van der Waals surface area contributed by atoms with Gasteiger partial charge in [-0.1, -0.05) is 40.2 Å². The van der Waals surface area contributed by atoms with E-state index in [0.717, 1.165) is 10.9 Å². The maximum Gasteiger partial charge on any atom is 0.308 e. The molecule has 0 radical (unpaired) electrons. The maximum absolute atomic E-state index is 12.9. The molecule has 4 aliphatic carbocycles. The Bertz CT molecular complexity index is 903. The van der Waals surface area contributed by atoms with Gasteiger partial charge in [0.2, 0.25) is 11.8 Å². The highest BCUT2D eigenvalue weighted by molar-refractivity contribution is 9.10. The van der Waals surface area contributed by atoms with Gasteiger partial charge in [-0.3, -0.25) is 24.1 Å². The monoisotopic (exact) mass is 457 g/mol. The highest BCUT2D eigenvalue weighted by Crippen LogP contribution is 2.65. The second kappa shape index (κ2) is 6.90. The number of imide groups is 1. The van der Waals surface area contributed by atoms with Gasteiger partial charge in [0.15, 0.2) is 12.4 Å². The van der Waals surface area contributed by atoms with E-state index in [1.165, 1.54) is 4.90 Å². The van der Waals surface area contributed by atoms with Gasteiger partial charge in [0.25, 0.3) is 0 Å². The fourth-order valence-corrected chi connectivity index (χ4v) is 5.64. The first-order valence-corrected chi connectivity index (χ1v) is 10.7. The average molecular weight is 458 g/mol. The fraction of sp³-hybridized carbons (Fsp3) is 0.455. The summed E-state index contributed by atoms with van der Waals surface area (Å²) in [5.41, 5.74) is 0.455. The van der Waals surface area contributed by atoms with Gasteiger partial charge in [0, 0.05) is 16.6 Å². The Hall–Kier alpha value is -2.28. The van der Waals surface area contributed by atoms with E-state index in [0.29, 0.717) is 17.4 Å². The molecular weight excluding hydrogens is 438 g/mol. The Morgan fingerprint density at radius 2 is 1.59 bits per heavy atom. The molecule has 0 aromatic heterocycles. The first-order valence-electron chi connectivity index (χ1n) is 9.93. The van der Waals surface area contributed by atoms with Crippen molar-refractivity contribution in [3.8, 4) is 0 Å². The maximum atomic E-state index is 12.9. The Morgan fingerprint density at radius 1 is 1.00 bits per heavy atom. The highest BCUT2D eigenvalue weighted by Gasteiger charge is 2.66. The van der Waals surface area contributed by atoms with E-state index in [1.54, 1.807) is 24.3 Å². The molecule has 1 saturated heterocycles. The van der Waals surface area contributed by atoms with E-state index in [-0.39, 0.29) is 60.8 Å². The number of rotatable bonds is 6. The van der Waals surface area contributed by atoms with Crippen LogP contribution in [0.1, 0.15) is 23.2 Å². The molecular formula is C22H20BrNO5. The number of amides is 2. The average Bonchev–Trinajstić information content (AvgIpc) is 3.50. The minimum atomic E-state index is -0.588. The largest absolute Gasteiger partial charge is 0.457 e. The lowest BCUT2D eigenvalue weighted by Gasteiger charge is -2.37. The van der Waals surface area contributed by atoms with E-state index in [9.17, 15) is 19.2 Å². The quantitative estimate of drug-likeness (QED) is 0.284. The molecule has 6 atom stereocenters. The van der Waals surface area contributed by atoms with Crippen molar-refractivity contribution in [3.05, 3.63) is 46.5 Å². The van der Waals surface area contributed by atoms with Crippen molar-refractivity contribution in [2.24, 2.45) is 35.5 Å². The second-order valence-electron chi connectivity index (χ2n) is 8.32. The van der Waals surface area contributed by atoms with Crippen LogP contribution in [0.3, 0.4) is 0 Å². The van der Waals surface area contributed by atoms with Crippen LogP contribution >= 0.6 is 15.9 Å². The summed E-state index contributed by atoms with van der Waals surface area (Å²) in [6, 6.07) is 6.78. The number of ketones is 1. The first kappa shape index (κ1) is 18.7. The number of carbonyl (C=O) groups excluding carboxylic acids is 4. The lowest BCUT2D eigenvalue weighted by atomic mass is 9.63. The summed E-state index contributed by atoms with van der Waals surface area (Å²) in [5.74, 6) is -0.240. The van der Waals surface area contributed by atoms with Gasteiger partial charge in [0.1, 0.15) is 0 Å². The van der Waals surface area contributed by atoms with Gasteiger partial charge in [-0.05, 0) is 42.2 Å². The predicted octanol–water partition coefficient (Wildman–Crippen LogP) is 2.62. The van der Waals surface area contributed by atoms with E-state index in [4.69, 9.17) is 4.74 Å². The Kier molecular flexibility index (Phi) is 4.46. The number of carbonyl (C=O) groups is 4. The van der Waals surface area contributed by atoms with Crippen molar-refractivity contribution < 1.29 is 23.9 Å². The molecule has 29 heavy (non-hydrogen) atoms. The number of nitrogens with zero attached hydrogens (tertiary/aromatic N) is 1. The zero-order chi connectivity index (χ0) is 20.3. The standard InChI is InChI=1S/C22H20BrNO5/c23-12-3-1-11(2-4-12)17(25)10-29-18(26)7-8-24-21(27)19-13-5-6-14(16-9-15(13)16)20(19)22(24)28/h1-6,13-16,19-20H,7-10H2/t13-,14-,15-,16+,19-,20+/m0/s1. The van der Waals surface area contributed by atoms with Gasteiger partial charge in [-0.15, -0.1) is 0 Å². The lowest BCUT2D eigenvalue weighted by Crippen LogP contribution is -2.40. The summed E-state index contributed by atoms with van der Waals surface area (Å²) in [6.07, 6.45) is 5.27. The van der Waals surface area contributed by atoms with Crippen LogP contribution in [0.5, 0.6) is 0 Å². The third kappa shape index (κ3) is 3.06. The summed E-state index contributed by atoms with van der Waals surface area (Å²) < 4.78 is 5.91. The molecule has 7 heteroatoms. The Labute approximate surface area is 176 Å². The van der Waals surface area contributed by atoms with Crippen LogP contribution in [0.25, 0.3) is 0 Å². The van der Waals surface area contributed by atoms with E-state index in [2.05, 4.69) is 28.1 Å². The normalized spacial score (nSPS) is 33.5. The number of likely N-dealkylation sites (tertiary alicyclic amines) is 1. The molecule has 1 heterocycles. The number of ether oxygens (including phenoxy) is 1. The zero-order valence-corrected chi connectivity index (χ0v) is 17.2. The number of Topliss-reactive ketones (excluding diaryl/α,β-unsaturated/α-hetero) is 1. The molecule has 2 saturated carbocycles. The van der Waals surface area contributed by atoms with Crippen LogP contribution in [0.15, 0.2) is 40.9 Å². The van der Waals surface area contributed by atoms with Crippen LogP contribution < -0.4 is 0 Å². The molecule has 1 aliphatic heterocycles. The van der Waals surface area contributed by atoms with E-state index >= 15 is 0 Å². The summed E-state index contributed by atoms with van der Waals surface area (Å²) in [5, 5.41) is 0. The van der Waals surface area contributed by atoms with Gasteiger partial charge < -0.3 is 4.74 Å². The minimum absolute atomic E-state index is 0.0186. The Morgan fingerprint density at radius 3 is 2.17 bits per heavy atom. The number of allylic oxidation sites excluding steroid dienone is 2. The summed E-state index contributed by atoms with van der Waals surface area (Å²) >= 11 is 3.30. The van der Waals surface area contributed by atoms with Crippen molar-refractivity contribution in [2.45, 2.75) is 12.8 Å². The van der Waals surface area contributed by atoms with Crippen molar-refractivity contribution in [3.63, 3.8) is 0 Å². The van der Waals surface area contributed by atoms with Gasteiger partial charge in [-0.25, -0.2) is 0 Å². The van der Waals surface area contributed by atoms with Crippen molar-refractivity contribution in [1.82, 2.24) is 4.90 Å². The van der Waals surface area contributed by atoms with Crippen LogP contribution in [-0.2, 0) is 19.1 Å². The van der Waals surface area contributed by atoms with Crippen molar-refractivity contribution in [1.29, 1.82) is 0 Å². The molecule has 0 unspecified atom stereocenters. The summed E-state index contributed by atoms with van der Waals surface area (Å²) in [6.45, 7) is -0.338. The summed E-state index contributed by atoms with van der Waals surface area (Å²) in [7, 11) is 0. The lowest BCUT2D eigenvalue weighted by molar-refractivity contribution is -0.145. The molecule has 5 aliphatic rings. The molecule has 0 N–H and O–H groups in total. The third-order valence-corrected chi connectivity index (χ3v) is 7.35. The molecule has 1 aromatic carbocycles. The topological polar surface area (TPSA) is 80.8 Å². The van der Waals surface area contributed by atoms with Crippen molar-refractivity contribution in [2.75, 3.05) is 13.2 Å². The SMILES string of the molecule is O=C(CCN1C(=O)[C@@H]2[C@H]3C=C[C@@H]([C@@H]4C[C@H]34)[C@@H]2C1=O)OCC(=O)c1ccc(Br)cc1. The van der Waals surface area contributed by atoms with Crippen LogP contribution in [0.4, 0.5) is 0 Å². The molecule has 0 spiro atoms. The van der Waals surface area contributed by atoms with Crippen LogP contribution in [0.2, 0.25) is 0 Å². The first-order chi connectivity index (χ1) is 14.0. The van der Waals surface area contributed by atoms with E-state index < -0.39 is 5.97 Å².